The molecular weight excluding hydrogens is 264 g/mol. The lowest BCUT2D eigenvalue weighted by atomic mass is 9.87. The maximum Gasteiger partial charge on any atom is -0.00239 e. The monoisotopic (exact) mass is 284 g/mol. The Morgan fingerprint density at radius 2 is 0.909 bits per heavy atom. The van der Waals surface area contributed by atoms with Crippen LogP contribution in [0.4, 0.5) is 0 Å². The molecule has 0 N–H and O–H groups in total. The third kappa shape index (κ3) is 1.70. The highest BCUT2D eigenvalue weighted by Crippen LogP contribution is 2.38. The zero-order chi connectivity index (χ0) is 14.5. The zero-order valence-electron chi connectivity index (χ0n) is 12.9. The van der Waals surface area contributed by atoms with E-state index in [2.05, 4.69) is 48.5 Å². The Kier molecular flexibility index (Phi) is 2.67. The van der Waals surface area contributed by atoms with Gasteiger partial charge in [-0.1, -0.05) is 61.4 Å². The van der Waals surface area contributed by atoms with Gasteiger partial charge in [0.15, 0.2) is 0 Å². The molecule has 2 bridgehead atoms. The molecular formula is C22H20. The molecule has 0 amide bonds. The Hall–Kier alpha value is -2.08. The number of rotatable bonds is 0. The lowest BCUT2D eigenvalue weighted by Crippen LogP contribution is -1.96. The summed E-state index contributed by atoms with van der Waals surface area (Å²) in [5.74, 6) is 0. The standard InChI is InChI=1S/C22H20/c1-2-4-6-16-8-10-18-12-11-17-9-7-15(5-3-1)19-13-14-20(16)22(18)21(17)19/h7-14H,1-6H2. The molecule has 0 saturated heterocycles. The van der Waals surface area contributed by atoms with Crippen LogP contribution in [0.3, 0.4) is 0 Å². The number of benzene rings is 4. The highest BCUT2D eigenvalue weighted by atomic mass is 14.2. The van der Waals surface area contributed by atoms with E-state index in [0.717, 1.165) is 0 Å². The van der Waals surface area contributed by atoms with Crippen LogP contribution in [0.15, 0.2) is 48.5 Å². The molecule has 0 aromatic heterocycles. The molecule has 4 aromatic carbocycles. The van der Waals surface area contributed by atoms with Crippen LogP contribution in [0.1, 0.15) is 36.8 Å². The molecule has 1 aliphatic rings. The van der Waals surface area contributed by atoms with Crippen LogP contribution in [0.5, 0.6) is 0 Å². The predicted molar refractivity (Wildman–Crippen MR) is 96.0 cm³/mol. The number of hydrogen-bond acceptors (Lipinski definition) is 0. The third-order valence-corrected chi connectivity index (χ3v) is 5.49. The van der Waals surface area contributed by atoms with E-state index in [4.69, 9.17) is 0 Å². The van der Waals surface area contributed by atoms with Crippen molar-refractivity contribution < 1.29 is 0 Å². The molecule has 0 heteroatoms. The summed E-state index contributed by atoms with van der Waals surface area (Å²) in [5.41, 5.74) is 3.07. The molecule has 108 valence electrons. The van der Waals surface area contributed by atoms with Crippen LogP contribution in [0.2, 0.25) is 0 Å². The van der Waals surface area contributed by atoms with Gasteiger partial charge in [0.1, 0.15) is 0 Å². The van der Waals surface area contributed by atoms with Crippen LogP contribution in [-0.2, 0) is 12.8 Å². The quantitative estimate of drug-likeness (QED) is 0.335. The summed E-state index contributed by atoms with van der Waals surface area (Å²) in [6.45, 7) is 0. The Morgan fingerprint density at radius 3 is 1.41 bits per heavy atom. The molecule has 1 aliphatic carbocycles. The first-order valence-electron chi connectivity index (χ1n) is 8.60. The van der Waals surface area contributed by atoms with Gasteiger partial charge in [0.25, 0.3) is 0 Å². The first kappa shape index (κ1) is 12.5. The largest absolute Gasteiger partial charge is 0.0578 e. The average Bonchev–Trinajstić information content (AvgIpc) is 2.55. The van der Waals surface area contributed by atoms with Gasteiger partial charge in [0.05, 0.1) is 0 Å². The molecule has 0 heterocycles. The van der Waals surface area contributed by atoms with Crippen LogP contribution in [0.25, 0.3) is 32.3 Å². The lowest BCUT2D eigenvalue weighted by molar-refractivity contribution is 0.642. The summed E-state index contributed by atoms with van der Waals surface area (Å²) in [4.78, 5) is 0. The van der Waals surface area contributed by atoms with E-state index in [1.54, 1.807) is 0 Å². The number of fused-ring (bicyclic) bond motifs is 1. The molecule has 22 heavy (non-hydrogen) atoms. The fourth-order valence-electron chi connectivity index (χ4n) is 4.34. The zero-order valence-corrected chi connectivity index (χ0v) is 12.9. The van der Waals surface area contributed by atoms with Gasteiger partial charge in [0, 0.05) is 0 Å². The van der Waals surface area contributed by atoms with Crippen LogP contribution < -0.4 is 0 Å². The smallest absolute Gasteiger partial charge is 0.00239 e. The average molecular weight is 284 g/mol. The van der Waals surface area contributed by atoms with Crippen molar-refractivity contribution in [2.24, 2.45) is 0 Å². The second-order valence-electron chi connectivity index (χ2n) is 6.79. The highest BCUT2D eigenvalue weighted by molar-refractivity contribution is 6.24. The van der Waals surface area contributed by atoms with Gasteiger partial charge in [0.2, 0.25) is 0 Å². The Balaban J connectivity index is 2.01. The molecule has 5 rings (SSSR count). The summed E-state index contributed by atoms with van der Waals surface area (Å²) in [7, 11) is 0. The number of hydrogen-bond donors (Lipinski definition) is 0. The molecule has 4 aromatic rings. The third-order valence-electron chi connectivity index (χ3n) is 5.49. The Morgan fingerprint density at radius 1 is 0.455 bits per heavy atom. The molecule has 0 fully saturated rings. The molecule has 0 unspecified atom stereocenters. The van der Waals surface area contributed by atoms with Crippen molar-refractivity contribution >= 4 is 32.3 Å². The second-order valence-corrected chi connectivity index (χ2v) is 6.79. The fraction of sp³-hybridized carbons (Fsp3) is 0.273. The topological polar surface area (TPSA) is 0 Å². The molecule has 0 radical (unpaired) electrons. The number of aryl methyl sites for hydroxylation is 2. The summed E-state index contributed by atoms with van der Waals surface area (Å²) in [6, 6.07) is 18.7. The van der Waals surface area contributed by atoms with E-state index >= 15 is 0 Å². The second kappa shape index (κ2) is 4.71. The van der Waals surface area contributed by atoms with Crippen molar-refractivity contribution in [1.29, 1.82) is 0 Å². The van der Waals surface area contributed by atoms with Crippen LogP contribution in [0, 0.1) is 0 Å². The van der Waals surface area contributed by atoms with Crippen molar-refractivity contribution in [1.82, 2.24) is 0 Å². The van der Waals surface area contributed by atoms with Crippen molar-refractivity contribution in [2.45, 2.75) is 38.5 Å². The molecule has 0 saturated carbocycles. The maximum absolute atomic E-state index is 2.38. The van der Waals surface area contributed by atoms with Gasteiger partial charge in [-0.15, -0.1) is 0 Å². The fourth-order valence-corrected chi connectivity index (χ4v) is 4.34. The summed E-state index contributed by atoms with van der Waals surface area (Å²) < 4.78 is 0. The molecule has 0 spiro atoms. The minimum absolute atomic E-state index is 1.22. The SMILES string of the molecule is c1cc2ccc3ccc4c5ccc(c1CCCCCC4)c2c35. The summed E-state index contributed by atoms with van der Waals surface area (Å²) in [6.07, 6.45) is 7.81. The van der Waals surface area contributed by atoms with Crippen molar-refractivity contribution in [3.05, 3.63) is 59.7 Å². The Labute approximate surface area is 131 Å². The van der Waals surface area contributed by atoms with Gasteiger partial charge in [-0.25, -0.2) is 0 Å². The van der Waals surface area contributed by atoms with Crippen molar-refractivity contribution in [3.63, 3.8) is 0 Å². The predicted octanol–water partition coefficient (Wildman–Crippen LogP) is 6.24. The van der Waals surface area contributed by atoms with Crippen LogP contribution in [-0.4, -0.2) is 0 Å². The van der Waals surface area contributed by atoms with Crippen molar-refractivity contribution in [2.75, 3.05) is 0 Å². The van der Waals surface area contributed by atoms with E-state index in [1.807, 2.05) is 0 Å². The van der Waals surface area contributed by atoms with Gasteiger partial charge < -0.3 is 0 Å². The van der Waals surface area contributed by atoms with Crippen LogP contribution >= 0.6 is 0 Å². The van der Waals surface area contributed by atoms with Gasteiger partial charge in [-0.3, -0.25) is 0 Å². The van der Waals surface area contributed by atoms with E-state index < -0.39 is 0 Å². The minimum Gasteiger partial charge on any atom is -0.0578 e. The maximum atomic E-state index is 2.38. The normalized spacial score (nSPS) is 16.0. The highest BCUT2D eigenvalue weighted by Gasteiger charge is 2.13. The van der Waals surface area contributed by atoms with Gasteiger partial charge >= 0.3 is 0 Å². The van der Waals surface area contributed by atoms with E-state index in [9.17, 15) is 0 Å². The van der Waals surface area contributed by atoms with Gasteiger partial charge in [-0.05, 0) is 69.1 Å². The molecule has 0 atom stereocenters. The minimum atomic E-state index is 1.22. The molecule has 0 aliphatic heterocycles. The summed E-state index contributed by atoms with van der Waals surface area (Å²) >= 11 is 0. The lowest BCUT2D eigenvalue weighted by Gasteiger charge is -2.17. The summed E-state index contributed by atoms with van der Waals surface area (Å²) in [5, 5.41) is 8.74. The molecule has 0 nitrogen and oxygen atoms in total. The first-order chi connectivity index (χ1) is 10.9. The van der Waals surface area contributed by atoms with Gasteiger partial charge in [-0.2, -0.15) is 0 Å². The Bertz CT molecular complexity index is 896. The van der Waals surface area contributed by atoms with E-state index in [1.165, 1.54) is 82.0 Å². The van der Waals surface area contributed by atoms with E-state index in [0.29, 0.717) is 0 Å². The first-order valence-corrected chi connectivity index (χ1v) is 8.60. The van der Waals surface area contributed by atoms with E-state index in [-0.39, 0.29) is 0 Å². The van der Waals surface area contributed by atoms with Crippen molar-refractivity contribution in [3.8, 4) is 0 Å².